The number of para-hydroxylation sites is 1. The predicted octanol–water partition coefficient (Wildman–Crippen LogP) is 5.99. The van der Waals surface area contributed by atoms with Gasteiger partial charge in [-0.2, -0.15) is 0 Å². The first-order valence-electron chi connectivity index (χ1n) is 11.3. The minimum atomic E-state index is -0.364. The van der Waals surface area contributed by atoms with Gasteiger partial charge in [0, 0.05) is 22.3 Å². The number of unbranched alkanes of at least 4 members (excludes halogenated alkanes) is 1. The van der Waals surface area contributed by atoms with E-state index in [0.29, 0.717) is 29.1 Å². The van der Waals surface area contributed by atoms with Gasteiger partial charge in [-0.3, -0.25) is 14.9 Å². The van der Waals surface area contributed by atoms with E-state index in [4.69, 9.17) is 21.4 Å². The van der Waals surface area contributed by atoms with Crippen LogP contribution in [0.25, 0.3) is 11.0 Å². The van der Waals surface area contributed by atoms with Gasteiger partial charge >= 0.3 is 0 Å². The van der Waals surface area contributed by atoms with Crippen molar-refractivity contribution < 1.29 is 18.7 Å². The largest absolute Gasteiger partial charge is 0.494 e. The monoisotopic (exact) mass is 487 g/mol. The standard InChI is InChI=1S/C27H25N3O4S/c1-2-3-15-33-22-13-11-18(12-14-22)25(31)30-27(35)29-21-9-6-8-20(17-21)28-26(32)24-16-19-7-4-5-10-23(19)34-24/h4-14,16-17H,2-3,15H2,1H3,(H,28,32)(H2,29,30,31,35). The summed E-state index contributed by atoms with van der Waals surface area (Å²) in [6, 6.07) is 23.0. The van der Waals surface area contributed by atoms with Crippen LogP contribution < -0.4 is 20.7 Å². The highest BCUT2D eigenvalue weighted by molar-refractivity contribution is 7.80. The van der Waals surface area contributed by atoms with Crippen LogP contribution in [0.15, 0.2) is 83.3 Å². The number of furan rings is 1. The van der Waals surface area contributed by atoms with Crippen molar-refractivity contribution in [1.82, 2.24) is 5.32 Å². The summed E-state index contributed by atoms with van der Waals surface area (Å²) in [6.45, 7) is 2.75. The lowest BCUT2D eigenvalue weighted by molar-refractivity contribution is 0.0975. The van der Waals surface area contributed by atoms with E-state index in [-0.39, 0.29) is 22.7 Å². The molecule has 4 rings (SSSR count). The molecule has 2 amide bonds. The van der Waals surface area contributed by atoms with Crippen molar-refractivity contribution in [2.75, 3.05) is 17.2 Å². The molecule has 35 heavy (non-hydrogen) atoms. The van der Waals surface area contributed by atoms with Crippen LogP contribution in [0.4, 0.5) is 11.4 Å². The normalized spacial score (nSPS) is 10.5. The summed E-state index contributed by atoms with van der Waals surface area (Å²) >= 11 is 5.28. The molecule has 0 aliphatic heterocycles. The lowest BCUT2D eigenvalue weighted by Gasteiger charge is -2.11. The molecule has 0 atom stereocenters. The highest BCUT2D eigenvalue weighted by Crippen LogP contribution is 2.21. The minimum Gasteiger partial charge on any atom is -0.494 e. The molecule has 0 radical (unpaired) electrons. The SMILES string of the molecule is CCCCOc1ccc(C(=O)NC(=S)Nc2cccc(NC(=O)c3cc4ccccc4o3)c2)cc1. The maximum absolute atomic E-state index is 12.6. The number of rotatable bonds is 8. The van der Waals surface area contributed by atoms with Crippen molar-refractivity contribution in [3.8, 4) is 5.75 Å². The Kier molecular flexibility index (Phi) is 7.74. The van der Waals surface area contributed by atoms with Gasteiger partial charge in [-0.15, -0.1) is 0 Å². The lowest BCUT2D eigenvalue weighted by atomic mass is 10.2. The van der Waals surface area contributed by atoms with Crippen molar-refractivity contribution in [2.45, 2.75) is 19.8 Å². The molecule has 178 valence electrons. The molecule has 0 bridgehead atoms. The van der Waals surface area contributed by atoms with E-state index in [2.05, 4.69) is 22.9 Å². The second kappa shape index (κ2) is 11.3. The Morgan fingerprint density at radius 2 is 1.63 bits per heavy atom. The van der Waals surface area contributed by atoms with Crippen LogP contribution in [-0.4, -0.2) is 23.5 Å². The number of carbonyl (C=O) groups excluding carboxylic acids is 2. The Bertz CT molecular complexity index is 1320. The number of ether oxygens (including phenoxy) is 1. The quantitative estimate of drug-likeness (QED) is 0.209. The third-order valence-electron chi connectivity index (χ3n) is 5.14. The Morgan fingerprint density at radius 3 is 2.37 bits per heavy atom. The molecule has 3 aromatic carbocycles. The smallest absolute Gasteiger partial charge is 0.291 e. The molecule has 0 aliphatic rings. The molecule has 1 aromatic heterocycles. The highest BCUT2D eigenvalue weighted by atomic mass is 32.1. The van der Waals surface area contributed by atoms with Gasteiger partial charge in [-0.1, -0.05) is 37.6 Å². The molecule has 7 nitrogen and oxygen atoms in total. The highest BCUT2D eigenvalue weighted by Gasteiger charge is 2.13. The summed E-state index contributed by atoms with van der Waals surface area (Å²) < 4.78 is 11.2. The van der Waals surface area contributed by atoms with Crippen molar-refractivity contribution in [3.63, 3.8) is 0 Å². The van der Waals surface area contributed by atoms with Crippen LogP contribution in [0.2, 0.25) is 0 Å². The molecular formula is C27H25N3O4S. The van der Waals surface area contributed by atoms with E-state index in [1.807, 2.05) is 24.3 Å². The Balaban J connectivity index is 1.32. The zero-order chi connectivity index (χ0) is 24.6. The van der Waals surface area contributed by atoms with Gasteiger partial charge in [0.2, 0.25) is 0 Å². The molecule has 0 aliphatic carbocycles. The molecule has 0 saturated heterocycles. The van der Waals surface area contributed by atoms with Crippen molar-refractivity contribution >= 4 is 51.5 Å². The Morgan fingerprint density at radius 1 is 0.886 bits per heavy atom. The molecular weight excluding hydrogens is 462 g/mol. The summed E-state index contributed by atoms with van der Waals surface area (Å²) in [7, 11) is 0. The lowest BCUT2D eigenvalue weighted by Crippen LogP contribution is -2.34. The molecule has 0 unspecified atom stereocenters. The van der Waals surface area contributed by atoms with Gasteiger partial charge in [0.25, 0.3) is 11.8 Å². The zero-order valence-corrected chi connectivity index (χ0v) is 20.0. The van der Waals surface area contributed by atoms with Crippen LogP contribution in [0.5, 0.6) is 5.75 Å². The van der Waals surface area contributed by atoms with Crippen molar-refractivity contribution in [2.24, 2.45) is 0 Å². The van der Waals surface area contributed by atoms with Gasteiger partial charge in [-0.25, -0.2) is 0 Å². The van der Waals surface area contributed by atoms with Gasteiger partial charge in [0.05, 0.1) is 6.61 Å². The second-order valence-corrected chi connectivity index (χ2v) is 8.23. The van der Waals surface area contributed by atoms with Crippen molar-refractivity contribution in [3.05, 3.63) is 90.2 Å². The summed E-state index contributed by atoms with van der Waals surface area (Å²) in [5, 5.41) is 9.42. The van der Waals surface area contributed by atoms with Crippen LogP contribution in [0.1, 0.15) is 40.7 Å². The van der Waals surface area contributed by atoms with Gasteiger partial charge in [-0.05, 0) is 73.2 Å². The number of carbonyl (C=O) groups is 2. The van der Waals surface area contributed by atoms with E-state index in [1.54, 1.807) is 54.6 Å². The molecule has 1 heterocycles. The van der Waals surface area contributed by atoms with Gasteiger partial charge < -0.3 is 19.8 Å². The number of fused-ring (bicyclic) bond motifs is 1. The van der Waals surface area contributed by atoms with Crippen LogP contribution in [0, 0.1) is 0 Å². The summed E-state index contributed by atoms with van der Waals surface area (Å²) in [4.78, 5) is 25.1. The number of amides is 2. The average Bonchev–Trinajstić information content (AvgIpc) is 3.29. The number of benzene rings is 3. The third kappa shape index (κ3) is 6.45. The second-order valence-electron chi connectivity index (χ2n) is 7.82. The zero-order valence-electron chi connectivity index (χ0n) is 19.2. The van der Waals surface area contributed by atoms with E-state index in [1.165, 1.54) is 0 Å². The average molecular weight is 488 g/mol. The third-order valence-corrected chi connectivity index (χ3v) is 5.34. The molecule has 0 spiro atoms. The van der Waals surface area contributed by atoms with Crippen LogP contribution in [-0.2, 0) is 0 Å². The first kappa shape index (κ1) is 24.0. The molecule has 0 fully saturated rings. The molecule has 3 N–H and O–H groups in total. The number of hydrogen-bond acceptors (Lipinski definition) is 5. The fourth-order valence-electron chi connectivity index (χ4n) is 3.34. The number of anilines is 2. The maximum Gasteiger partial charge on any atom is 0.291 e. The van der Waals surface area contributed by atoms with E-state index < -0.39 is 0 Å². The molecule has 0 saturated carbocycles. The number of nitrogens with one attached hydrogen (secondary N) is 3. The molecule has 8 heteroatoms. The fraction of sp³-hybridized carbons (Fsp3) is 0.148. The summed E-state index contributed by atoms with van der Waals surface area (Å²) in [6.07, 6.45) is 2.04. The predicted molar refractivity (Wildman–Crippen MR) is 141 cm³/mol. The summed E-state index contributed by atoms with van der Waals surface area (Å²) in [5.41, 5.74) is 2.27. The topological polar surface area (TPSA) is 92.6 Å². The van der Waals surface area contributed by atoms with Gasteiger partial charge in [0.15, 0.2) is 10.9 Å². The molecule has 4 aromatic rings. The Labute approximate surface area is 208 Å². The van der Waals surface area contributed by atoms with E-state index >= 15 is 0 Å². The first-order chi connectivity index (χ1) is 17.0. The fourth-order valence-corrected chi connectivity index (χ4v) is 3.55. The van der Waals surface area contributed by atoms with E-state index in [9.17, 15) is 9.59 Å². The van der Waals surface area contributed by atoms with E-state index in [0.717, 1.165) is 24.0 Å². The van der Waals surface area contributed by atoms with Crippen LogP contribution in [0.3, 0.4) is 0 Å². The van der Waals surface area contributed by atoms with Gasteiger partial charge in [0.1, 0.15) is 11.3 Å². The van der Waals surface area contributed by atoms with Crippen LogP contribution >= 0.6 is 12.2 Å². The Hall–Kier alpha value is -4.17. The number of hydrogen-bond donors (Lipinski definition) is 3. The summed E-state index contributed by atoms with van der Waals surface area (Å²) in [5.74, 6) is 0.236. The minimum absolute atomic E-state index is 0.138. The number of thiocarbonyl (C=S) groups is 1. The van der Waals surface area contributed by atoms with Crippen molar-refractivity contribution in [1.29, 1.82) is 0 Å². The maximum atomic E-state index is 12.6. The first-order valence-corrected chi connectivity index (χ1v) is 11.7.